The minimum absolute atomic E-state index is 0.253. The van der Waals surface area contributed by atoms with E-state index in [9.17, 15) is 0 Å². The maximum atomic E-state index is 4.16. The van der Waals surface area contributed by atoms with Crippen molar-refractivity contribution in [1.82, 2.24) is 9.78 Å². The van der Waals surface area contributed by atoms with Gasteiger partial charge < -0.3 is 5.32 Å². The minimum Gasteiger partial charge on any atom is -0.378 e. The first-order valence-corrected chi connectivity index (χ1v) is 5.95. The molecule has 0 aliphatic rings. The van der Waals surface area contributed by atoms with Crippen LogP contribution in [0.25, 0.3) is 0 Å². The third kappa shape index (κ3) is 2.64. The number of hydrogen-bond acceptors (Lipinski definition) is 2. The zero-order valence-corrected chi connectivity index (χ0v) is 10.9. The highest BCUT2D eigenvalue weighted by Crippen LogP contribution is 2.21. The summed E-state index contributed by atoms with van der Waals surface area (Å²) in [4.78, 5) is 0. The first kappa shape index (κ1) is 11.2. The summed E-state index contributed by atoms with van der Waals surface area (Å²) in [7, 11) is 1.93. The van der Waals surface area contributed by atoms with Gasteiger partial charge in [-0.15, -0.1) is 0 Å². The summed E-state index contributed by atoms with van der Waals surface area (Å²) >= 11 is 3.46. The van der Waals surface area contributed by atoms with Gasteiger partial charge in [-0.3, -0.25) is 4.68 Å². The molecule has 0 fully saturated rings. The molecule has 16 heavy (non-hydrogen) atoms. The summed E-state index contributed by atoms with van der Waals surface area (Å²) in [5, 5.41) is 7.59. The maximum Gasteiger partial charge on any atom is 0.0542 e. The van der Waals surface area contributed by atoms with E-state index in [1.165, 1.54) is 5.56 Å². The molecule has 3 nitrogen and oxygen atoms in total. The number of anilines is 1. The van der Waals surface area contributed by atoms with Crippen molar-refractivity contribution >= 4 is 21.6 Å². The first-order chi connectivity index (χ1) is 7.65. The lowest BCUT2D eigenvalue weighted by atomic mass is 10.2. The molecule has 0 aliphatic carbocycles. The van der Waals surface area contributed by atoms with E-state index in [2.05, 4.69) is 45.4 Å². The third-order valence-electron chi connectivity index (χ3n) is 2.43. The van der Waals surface area contributed by atoms with Crippen molar-refractivity contribution in [2.24, 2.45) is 7.05 Å². The Hall–Kier alpha value is -1.29. The van der Waals surface area contributed by atoms with Gasteiger partial charge in [0.25, 0.3) is 0 Å². The zero-order chi connectivity index (χ0) is 11.5. The lowest BCUT2D eigenvalue weighted by Crippen LogP contribution is -2.05. The fourth-order valence-electron chi connectivity index (χ4n) is 1.58. The fourth-order valence-corrected chi connectivity index (χ4v) is 1.97. The number of nitrogens with zero attached hydrogens (tertiary/aromatic N) is 2. The second-order valence-corrected chi connectivity index (χ2v) is 4.74. The Bertz CT molecular complexity index is 479. The average Bonchev–Trinajstić information content (AvgIpc) is 2.65. The van der Waals surface area contributed by atoms with E-state index in [0.29, 0.717) is 0 Å². The molecule has 0 bridgehead atoms. The molecule has 2 rings (SSSR count). The number of benzene rings is 1. The molecule has 1 aromatic carbocycles. The van der Waals surface area contributed by atoms with Crippen LogP contribution in [0.15, 0.2) is 41.1 Å². The zero-order valence-electron chi connectivity index (χ0n) is 9.31. The Morgan fingerprint density at radius 1 is 1.44 bits per heavy atom. The quantitative estimate of drug-likeness (QED) is 0.934. The molecular formula is C12H14BrN3. The van der Waals surface area contributed by atoms with E-state index in [-0.39, 0.29) is 6.04 Å². The fraction of sp³-hybridized carbons (Fsp3) is 0.250. The predicted octanol–water partition coefficient (Wildman–Crippen LogP) is 3.36. The van der Waals surface area contributed by atoms with E-state index in [1.807, 2.05) is 36.3 Å². The van der Waals surface area contributed by atoms with Crippen molar-refractivity contribution in [3.05, 3.63) is 46.7 Å². The lowest BCUT2D eigenvalue weighted by Gasteiger charge is -2.13. The van der Waals surface area contributed by atoms with Crippen molar-refractivity contribution in [3.63, 3.8) is 0 Å². The van der Waals surface area contributed by atoms with Gasteiger partial charge in [0.1, 0.15) is 0 Å². The lowest BCUT2D eigenvalue weighted by molar-refractivity contribution is 0.765. The Morgan fingerprint density at radius 2 is 2.25 bits per heavy atom. The molecule has 0 spiro atoms. The smallest absolute Gasteiger partial charge is 0.0542 e. The molecule has 84 valence electrons. The van der Waals surface area contributed by atoms with Gasteiger partial charge in [-0.25, -0.2) is 0 Å². The molecule has 0 saturated carbocycles. The minimum atomic E-state index is 0.253. The third-order valence-corrected chi connectivity index (χ3v) is 2.93. The Labute approximate surface area is 104 Å². The predicted molar refractivity (Wildman–Crippen MR) is 69.4 cm³/mol. The number of aromatic nitrogens is 2. The SMILES string of the molecule is CC(Nc1cccc(Br)c1)c1cnn(C)c1. The summed E-state index contributed by atoms with van der Waals surface area (Å²) in [5.74, 6) is 0. The number of aryl methyl sites for hydroxylation is 1. The summed E-state index contributed by atoms with van der Waals surface area (Å²) in [6.45, 7) is 2.12. The van der Waals surface area contributed by atoms with Crippen molar-refractivity contribution in [3.8, 4) is 0 Å². The van der Waals surface area contributed by atoms with Crippen LogP contribution in [0, 0.1) is 0 Å². The molecule has 1 unspecified atom stereocenters. The molecule has 0 radical (unpaired) electrons. The van der Waals surface area contributed by atoms with E-state index in [4.69, 9.17) is 0 Å². The average molecular weight is 280 g/mol. The highest BCUT2D eigenvalue weighted by atomic mass is 79.9. The van der Waals surface area contributed by atoms with Gasteiger partial charge >= 0.3 is 0 Å². The highest BCUT2D eigenvalue weighted by molar-refractivity contribution is 9.10. The molecule has 1 heterocycles. The van der Waals surface area contributed by atoms with E-state index in [0.717, 1.165) is 10.2 Å². The van der Waals surface area contributed by atoms with Crippen LogP contribution in [0.5, 0.6) is 0 Å². The van der Waals surface area contributed by atoms with Gasteiger partial charge in [0.05, 0.1) is 12.2 Å². The van der Waals surface area contributed by atoms with E-state index >= 15 is 0 Å². The van der Waals surface area contributed by atoms with Crippen LogP contribution < -0.4 is 5.32 Å². The van der Waals surface area contributed by atoms with Crippen molar-refractivity contribution in [1.29, 1.82) is 0 Å². The number of rotatable bonds is 3. The molecular weight excluding hydrogens is 266 g/mol. The standard InChI is InChI=1S/C12H14BrN3/c1-9(10-7-14-16(2)8-10)15-12-5-3-4-11(13)6-12/h3-9,15H,1-2H3. The Morgan fingerprint density at radius 3 is 2.88 bits per heavy atom. The van der Waals surface area contributed by atoms with E-state index < -0.39 is 0 Å². The summed E-state index contributed by atoms with van der Waals surface area (Å²) < 4.78 is 2.89. The molecule has 1 N–H and O–H groups in total. The van der Waals surface area contributed by atoms with Crippen LogP contribution in [0.2, 0.25) is 0 Å². The maximum absolute atomic E-state index is 4.16. The van der Waals surface area contributed by atoms with Gasteiger partial charge in [0.2, 0.25) is 0 Å². The van der Waals surface area contributed by atoms with Crippen LogP contribution in [0.3, 0.4) is 0 Å². The summed E-state index contributed by atoms with van der Waals surface area (Å²) in [5.41, 5.74) is 2.29. The van der Waals surface area contributed by atoms with Crippen LogP contribution in [0.1, 0.15) is 18.5 Å². The Kier molecular flexibility index (Phi) is 3.29. The summed E-state index contributed by atoms with van der Waals surface area (Å²) in [6, 6.07) is 8.40. The van der Waals surface area contributed by atoms with Gasteiger partial charge in [-0.2, -0.15) is 5.10 Å². The second kappa shape index (κ2) is 4.70. The van der Waals surface area contributed by atoms with Gasteiger partial charge in [0, 0.05) is 29.0 Å². The molecule has 4 heteroatoms. The topological polar surface area (TPSA) is 29.9 Å². The summed E-state index contributed by atoms with van der Waals surface area (Å²) in [6.07, 6.45) is 3.91. The van der Waals surface area contributed by atoms with Crippen LogP contribution in [0.4, 0.5) is 5.69 Å². The normalized spacial score (nSPS) is 12.4. The van der Waals surface area contributed by atoms with Gasteiger partial charge in [-0.1, -0.05) is 22.0 Å². The van der Waals surface area contributed by atoms with Crippen LogP contribution in [-0.2, 0) is 7.05 Å². The van der Waals surface area contributed by atoms with Crippen molar-refractivity contribution in [2.75, 3.05) is 5.32 Å². The van der Waals surface area contributed by atoms with Gasteiger partial charge in [-0.05, 0) is 25.1 Å². The highest BCUT2D eigenvalue weighted by Gasteiger charge is 2.06. The number of halogens is 1. The number of nitrogens with one attached hydrogen (secondary N) is 1. The monoisotopic (exact) mass is 279 g/mol. The number of hydrogen-bond donors (Lipinski definition) is 1. The Balaban J connectivity index is 2.10. The second-order valence-electron chi connectivity index (χ2n) is 3.82. The molecule has 0 aliphatic heterocycles. The molecule has 0 saturated heterocycles. The van der Waals surface area contributed by atoms with E-state index in [1.54, 1.807) is 0 Å². The molecule has 1 atom stereocenters. The van der Waals surface area contributed by atoms with Crippen molar-refractivity contribution in [2.45, 2.75) is 13.0 Å². The van der Waals surface area contributed by atoms with Crippen LogP contribution >= 0.6 is 15.9 Å². The molecule has 0 amide bonds. The largest absolute Gasteiger partial charge is 0.378 e. The van der Waals surface area contributed by atoms with Gasteiger partial charge in [0.15, 0.2) is 0 Å². The molecule has 2 aromatic rings. The van der Waals surface area contributed by atoms with Crippen LogP contribution in [-0.4, -0.2) is 9.78 Å². The first-order valence-electron chi connectivity index (χ1n) is 5.16. The van der Waals surface area contributed by atoms with Crippen molar-refractivity contribution < 1.29 is 0 Å². The molecule has 1 aromatic heterocycles.